The zero-order valence-corrected chi connectivity index (χ0v) is 12.8. The van der Waals surface area contributed by atoms with Crippen LogP contribution in [-0.4, -0.2) is 49.4 Å². The van der Waals surface area contributed by atoms with E-state index in [0.717, 1.165) is 25.3 Å². The first-order chi connectivity index (χ1) is 10.8. The molecule has 1 aromatic rings. The Balaban J connectivity index is 1.50. The van der Waals surface area contributed by atoms with Gasteiger partial charge in [0.2, 0.25) is 11.8 Å². The van der Waals surface area contributed by atoms with Crippen LogP contribution in [0.4, 0.5) is 5.69 Å². The molecule has 0 bridgehead atoms. The van der Waals surface area contributed by atoms with Crippen molar-refractivity contribution in [2.24, 2.45) is 5.92 Å². The number of nitrogens with zero attached hydrogens (tertiary/aromatic N) is 2. The average molecular weight is 301 g/mol. The van der Waals surface area contributed by atoms with Gasteiger partial charge in [0, 0.05) is 25.3 Å². The van der Waals surface area contributed by atoms with Crippen molar-refractivity contribution in [2.45, 2.75) is 19.3 Å². The molecule has 1 unspecified atom stereocenters. The summed E-state index contributed by atoms with van der Waals surface area (Å²) in [4.78, 5) is 28.7. The molecule has 2 saturated heterocycles. The van der Waals surface area contributed by atoms with Gasteiger partial charge < -0.3 is 15.1 Å². The Morgan fingerprint density at radius 1 is 1.14 bits per heavy atom. The summed E-state index contributed by atoms with van der Waals surface area (Å²) in [5.74, 6) is -0.730. The van der Waals surface area contributed by atoms with Crippen LogP contribution in [0.25, 0.3) is 0 Å². The summed E-state index contributed by atoms with van der Waals surface area (Å²) in [5.41, 5.74) is 0.875. The minimum atomic E-state index is -0.529. The van der Waals surface area contributed by atoms with E-state index in [1.807, 2.05) is 30.3 Å². The van der Waals surface area contributed by atoms with Crippen molar-refractivity contribution in [1.29, 1.82) is 0 Å². The molecular formula is C17H23N3O2. The fraction of sp³-hybridized carbons (Fsp3) is 0.529. The van der Waals surface area contributed by atoms with Gasteiger partial charge in [-0.25, -0.2) is 0 Å². The number of carbonyl (C=O) groups is 2. The van der Waals surface area contributed by atoms with Crippen molar-refractivity contribution in [1.82, 2.24) is 10.2 Å². The first-order valence-electron chi connectivity index (χ1n) is 8.12. The zero-order valence-electron chi connectivity index (χ0n) is 12.8. The van der Waals surface area contributed by atoms with Crippen LogP contribution >= 0.6 is 0 Å². The van der Waals surface area contributed by atoms with Crippen LogP contribution in [0.3, 0.4) is 0 Å². The van der Waals surface area contributed by atoms with E-state index in [1.165, 1.54) is 12.8 Å². The van der Waals surface area contributed by atoms with E-state index in [2.05, 4.69) is 10.2 Å². The quantitative estimate of drug-likeness (QED) is 0.833. The number of amides is 2. The highest BCUT2D eigenvalue weighted by molar-refractivity contribution is 6.09. The number of hydrogen-bond donors (Lipinski definition) is 1. The van der Waals surface area contributed by atoms with E-state index in [1.54, 1.807) is 4.90 Å². The monoisotopic (exact) mass is 301 g/mol. The van der Waals surface area contributed by atoms with Crippen molar-refractivity contribution >= 4 is 17.5 Å². The van der Waals surface area contributed by atoms with Crippen LogP contribution in [0.2, 0.25) is 0 Å². The van der Waals surface area contributed by atoms with Gasteiger partial charge >= 0.3 is 0 Å². The third-order valence-corrected chi connectivity index (χ3v) is 4.52. The van der Waals surface area contributed by atoms with Gasteiger partial charge in [-0.05, 0) is 44.5 Å². The SMILES string of the molecule is O=C(NCCN1CCCC1)C1CCN(c2ccccc2)C1=O. The highest BCUT2D eigenvalue weighted by Gasteiger charge is 2.37. The van der Waals surface area contributed by atoms with Gasteiger partial charge in [-0.3, -0.25) is 9.59 Å². The molecule has 0 radical (unpaired) electrons. The molecule has 0 saturated carbocycles. The molecule has 118 valence electrons. The van der Waals surface area contributed by atoms with E-state index in [9.17, 15) is 9.59 Å². The molecule has 2 heterocycles. The topological polar surface area (TPSA) is 52.7 Å². The number of carbonyl (C=O) groups excluding carboxylic acids is 2. The lowest BCUT2D eigenvalue weighted by molar-refractivity contribution is -0.132. The van der Waals surface area contributed by atoms with Gasteiger partial charge in [-0.1, -0.05) is 18.2 Å². The molecule has 1 atom stereocenters. The second-order valence-corrected chi connectivity index (χ2v) is 6.01. The lowest BCUT2D eigenvalue weighted by atomic mass is 10.1. The third-order valence-electron chi connectivity index (χ3n) is 4.52. The molecule has 1 aromatic carbocycles. The molecule has 3 rings (SSSR count). The van der Waals surface area contributed by atoms with Crippen LogP contribution < -0.4 is 10.2 Å². The summed E-state index contributed by atoms with van der Waals surface area (Å²) >= 11 is 0. The van der Waals surface area contributed by atoms with Crippen LogP contribution in [0.1, 0.15) is 19.3 Å². The lowest BCUT2D eigenvalue weighted by Gasteiger charge is -2.17. The highest BCUT2D eigenvalue weighted by Crippen LogP contribution is 2.24. The second kappa shape index (κ2) is 6.92. The standard InChI is InChI=1S/C17H23N3O2/c21-16(18-9-13-19-10-4-5-11-19)15-8-12-20(17(15)22)14-6-2-1-3-7-14/h1-3,6-7,15H,4-5,8-13H2,(H,18,21). The van der Waals surface area contributed by atoms with Crippen molar-refractivity contribution in [3.8, 4) is 0 Å². The fourth-order valence-electron chi connectivity index (χ4n) is 3.25. The normalized spacial score (nSPS) is 22.3. The smallest absolute Gasteiger partial charge is 0.239 e. The van der Waals surface area contributed by atoms with Crippen LogP contribution in [0, 0.1) is 5.92 Å². The maximum Gasteiger partial charge on any atom is 0.239 e. The van der Waals surface area contributed by atoms with Gasteiger partial charge in [-0.2, -0.15) is 0 Å². The molecule has 2 aliphatic heterocycles. The predicted molar refractivity (Wildman–Crippen MR) is 85.6 cm³/mol. The molecule has 2 amide bonds. The Labute approximate surface area is 131 Å². The van der Waals surface area contributed by atoms with Crippen LogP contribution in [0.5, 0.6) is 0 Å². The van der Waals surface area contributed by atoms with Crippen molar-refractivity contribution in [3.63, 3.8) is 0 Å². The molecule has 5 nitrogen and oxygen atoms in total. The number of likely N-dealkylation sites (tertiary alicyclic amines) is 1. The third kappa shape index (κ3) is 3.30. The molecule has 2 fully saturated rings. The van der Waals surface area contributed by atoms with E-state index < -0.39 is 5.92 Å². The summed E-state index contributed by atoms with van der Waals surface area (Å²) in [6.45, 7) is 4.39. The van der Waals surface area contributed by atoms with E-state index in [4.69, 9.17) is 0 Å². The van der Waals surface area contributed by atoms with Crippen molar-refractivity contribution in [3.05, 3.63) is 30.3 Å². The Hall–Kier alpha value is -1.88. The van der Waals surface area contributed by atoms with Crippen molar-refractivity contribution in [2.75, 3.05) is 37.6 Å². The van der Waals surface area contributed by atoms with E-state index >= 15 is 0 Å². The summed E-state index contributed by atoms with van der Waals surface area (Å²) in [6, 6.07) is 9.56. The first-order valence-corrected chi connectivity index (χ1v) is 8.12. The first kappa shape index (κ1) is 15.0. The lowest BCUT2D eigenvalue weighted by Crippen LogP contribution is -2.40. The molecule has 1 N–H and O–H groups in total. The molecule has 0 spiro atoms. The zero-order chi connectivity index (χ0) is 15.4. The minimum absolute atomic E-state index is 0.0788. The number of para-hydroxylation sites is 1. The van der Waals surface area contributed by atoms with Gasteiger partial charge in [-0.15, -0.1) is 0 Å². The highest BCUT2D eigenvalue weighted by atomic mass is 16.2. The number of anilines is 1. The van der Waals surface area contributed by atoms with Gasteiger partial charge in [0.15, 0.2) is 0 Å². The minimum Gasteiger partial charge on any atom is -0.354 e. The molecule has 22 heavy (non-hydrogen) atoms. The summed E-state index contributed by atoms with van der Waals surface area (Å²) in [6.07, 6.45) is 3.10. The Bertz CT molecular complexity index is 526. The molecular weight excluding hydrogens is 278 g/mol. The summed E-state index contributed by atoms with van der Waals surface area (Å²) in [5, 5.41) is 2.93. The largest absolute Gasteiger partial charge is 0.354 e. The van der Waals surface area contributed by atoms with Gasteiger partial charge in [0.1, 0.15) is 5.92 Å². The maximum absolute atomic E-state index is 12.4. The second-order valence-electron chi connectivity index (χ2n) is 6.01. The fourth-order valence-corrected chi connectivity index (χ4v) is 3.25. The average Bonchev–Trinajstić information content (AvgIpc) is 3.18. The maximum atomic E-state index is 12.4. The number of benzene rings is 1. The number of rotatable bonds is 5. The Morgan fingerprint density at radius 2 is 1.86 bits per heavy atom. The summed E-state index contributed by atoms with van der Waals surface area (Å²) in [7, 11) is 0. The Kier molecular flexibility index (Phi) is 4.73. The van der Waals surface area contributed by atoms with E-state index in [-0.39, 0.29) is 11.8 Å². The number of hydrogen-bond acceptors (Lipinski definition) is 3. The van der Waals surface area contributed by atoms with Gasteiger partial charge in [0.05, 0.1) is 0 Å². The predicted octanol–water partition coefficient (Wildman–Crippen LogP) is 1.25. The van der Waals surface area contributed by atoms with Crippen LogP contribution in [0.15, 0.2) is 30.3 Å². The number of nitrogens with one attached hydrogen (secondary N) is 1. The molecule has 2 aliphatic rings. The summed E-state index contributed by atoms with van der Waals surface area (Å²) < 4.78 is 0. The van der Waals surface area contributed by atoms with Gasteiger partial charge in [0.25, 0.3) is 0 Å². The van der Waals surface area contributed by atoms with Crippen molar-refractivity contribution < 1.29 is 9.59 Å². The van der Waals surface area contributed by atoms with E-state index in [0.29, 0.717) is 19.5 Å². The Morgan fingerprint density at radius 3 is 2.59 bits per heavy atom. The molecule has 5 heteroatoms. The molecule has 0 aromatic heterocycles. The van der Waals surface area contributed by atoms with Crippen LogP contribution in [-0.2, 0) is 9.59 Å². The molecule has 0 aliphatic carbocycles.